The summed E-state index contributed by atoms with van der Waals surface area (Å²) in [6.07, 6.45) is 13.3. The van der Waals surface area contributed by atoms with Crippen molar-refractivity contribution in [1.82, 2.24) is 0 Å². The minimum atomic E-state index is -4.08. The average molecular weight is 964 g/mol. The number of halogens is 2. The second kappa shape index (κ2) is 16.2. The maximum atomic E-state index is 13.6. The number of hydrogen-bond acceptors (Lipinski definition) is 6. The fourth-order valence-corrected chi connectivity index (χ4v) is 19.1. The molecule has 316 valence electrons. The van der Waals surface area contributed by atoms with Crippen molar-refractivity contribution in [2.45, 2.75) is 95.7 Å². The third-order valence-electron chi connectivity index (χ3n) is 15.9. The van der Waals surface area contributed by atoms with Gasteiger partial charge in [0.2, 0.25) is 0 Å². The Hall–Kier alpha value is -3.21. The Morgan fingerprint density at radius 3 is 1.28 bits per heavy atom. The molecule has 4 aromatic rings. The van der Waals surface area contributed by atoms with Crippen LogP contribution in [0.3, 0.4) is 0 Å². The van der Waals surface area contributed by atoms with Crippen molar-refractivity contribution in [2.24, 2.45) is 47.3 Å². The molecule has 9 heteroatoms. The molecule has 8 bridgehead atoms. The number of esters is 2. The second-order valence-corrected chi connectivity index (χ2v) is 32.0. The fraction of sp³-hybridized carbons (Fsp3) is 0.490. The molecule has 0 spiro atoms. The first-order valence-electron chi connectivity index (χ1n) is 22.3. The van der Waals surface area contributed by atoms with E-state index in [0.717, 1.165) is 53.1 Å². The Morgan fingerprint density at radius 2 is 0.900 bits per heavy atom. The molecule has 0 atom stereocenters. The van der Waals surface area contributed by atoms with Crippen molar-refractivity contribution >= 4 is 53.0 Å². The van der Waals surface area contributed by atoms with E-state index in [9.17, 15) is 9.59 Å². The number of rotatable bonds is 12. The minimum absolute atomic E-state index is 0.174. The molecular formula is C51H56Cl2O6Te. The van der Waals surface area contributed by atoms with Crippen LogP contribution in [0.2, 0.25) is 0 Å². The van der Waals surface area contributed by atoms with Gasteiger partial charge in [-0.3, -0.25) is 0 Å². The molecule has 4 aromatic carbocycles. The first-order chi connectivity index (χ1) is 28.9. The zero-order chi connectivity index (χ0) is 41.2. The maximum absolute atomic E-state index is 13.6. The van der Waals surface area contributed by atoms with E-state index in [0.29, 0.717) is 35.2 Å². The van der Waals surface area contributed by atoms with Gasteiger partial charge in [0.15, 0.2) is 0 Å². The summed E-state index contributed by atoms with van der Waals surface area (Å²) >= 11 is -4.08. The predicted molar refractivity (Wildman–Crippen MR) is 239 cm³/mol. The Kier molecular flexibility index (Phi) is 11.0. The molecule has 0 N–H and O–H groups in total. The van der Waals surface area contributed by atoms with Crippen LogP contribution in [0.1, 0.15) is 84.5 Å². The number of fused-ring (bicyclic) bond motifs is 1. The summed E-state index contributed by atoms with van der Waals surface area (Å²) in [5.74, 6) is 5.36. The molecular weight excluding hydrogens is 907 g/mol. The Morgan fingerprint density at radius 1 is 0.533 bits per heavy atom. The van der Waals surface area contributed by atoms with Crippen LogP contribution in [0.15, 0.2) is 97.1 Å². The van der Waals surface area contributed by atoms with Crippen molar-refractivity contribution in [3.8, 4) is 33.8 Å². The summed E-state index contributed by atoms with van der Waals surface area (Å²) in [4.78, 5) is 27.0. The summed E-state index contributed by atoms with van der Waals surface area (Å²) < 4.78 is 27.0. The normalized spacial score (nSPS) is 32.6. The van der Waals surface area contributed by atoms with E-state index in [2.05, 4.69) is 13.8 Å². The summed E-state index contributed by atoms with van der Waals surface area (Å²) in [6, 6.07) is 31.6. The van der Waals surface area contributed by atoms with Crippen molar-refractivity contribution in [3.05, 3.63) is 97.1 Å². The molecule has 0 unspecified atom stereocenters. The quantitative estimate of drug-likeness (QED) is 0.104. The molecule has 0 aromatic heterocycles. The Balaban J connectivity index is 0.875. The number of benzene rings is 4. The van der Waals surface area contributed by atoms with Crippen LogP contribution < -0.4 is 16.7 Å². The fourth-order valence-electron chi connectivity index (χ4n) is 12.9. The van der Waals surface area contributed by atoms with Gasteiger partial charge in [0, 0.05) is 0 Å². The third-order valence-corrected chi connectivity index (χ3v) is 25.5. The molecule has 0 aliphatic heterocycles. The number of ether oxygens (including phenoxy) is 4. The monoisotopic (exact) mass is 964 g/mol. The molecule has 0 saturated heterocycles. The number of carbonyl (C=O) groups excluding carboxylic acids is 2. The van der Waals surface area contributed by atoms with Gasteiger partial charge in [-0.1, -0.05) is 12.8 Å². The van der Waals surface area contributed by atoms with E-state index in [1.165, 1.54) is 70.6 Å². The molecule has 6 nitrogen and oxygen atoms in total. The van der Waals surface area contributed by atoms with Crippen LogP contribution >= 0.6 is 17.9 Å². The summed E-state index contributed by atoms with van der Waals surface area (Å²) in [6.45, 7) is 3.99. The van der Waals surface area contributed by atoms with Crippen molar-refractivity contribution < 1.29 is 28.5 Å². The van der Waals surface area contributed by atoms with Gasteiger partial charge in [0.1, 0.15) is 0 Å². The van der Waals surface area contributed by atoms with Crippen LogP contribution in [0.25, 0.3) is 22.3 Å². The Bertz CT molecular complexity index is 2180. The van der Waals surface area contributed by atoms with Gasteiger partial charge < -0.3 is 0 Å². The SMILES string of the molecule is CC1(OC(=O)COc2ccc([Te](Cl)(Cl)c3ccc(OCC(=O)OC4(C)C5CC6CC(C5)CC4C6)c(-c4ccccc4)c3)cc2-c2ccccc2)C2CC3CCC(C2)CC1C3. The van der Waals surface area contributed by atoms with E-state index < -0.39 is 27.1 Å². The van der Waals surface area contributed by atoms with Crippen molar-refractivity contribution in [2.75, 3.05) is 13.2 Å². The molecule has 12 rings (SSSR count). The van der Waals surface area contributed by atoms with Gasteiger partial charge in [0.05, 0.1) is 0 Å². The predicted octanol–water partition coefficient (Wildman–Crippen LogP) is 10.7. The van der Waals surface area contributed by atoms with E-state index in [1.807, 2.05) is 97.1 Å². The first-order valence-corrected chi connectivity index (χ1v) is 30.5. The summed E-state index contributed by atoms with van der Waals surface area (Å²) in [5, 5.41) is 0. The molecule has 8 fully saturated rings. The van der Waals surface area contributed by atoms with E-state index in [-0.39, 0.29) is 25.2 Å². The average Bonchev–Trinajstić information content (AvgIpc) is 3.55. The van der Waals surface area contributed by atoms with Crippen LogP contribution in [-0.2, 0) is 19.1 Å². The number of hydrogen-bond donors (Lipinski definition) is 0. The zero-order valence-electron chi connectivity index (χ0n) is 34.7. The first kappa shape index (κ1) is 40.8. The van der Waals surface area contributed by atoms with E-state index >= 15 is 0 Å². The molecule has 8 aliphatic carbocycles. The van der Waals surface area contributed by atoms with Gasteiger partial charge in [0.25, 0.3) is 0 Å². The van der Waals surface area contributed by atoms with Gasteiger partial charge in [-0.25, -0.2) is 0 Å². The van der Waals surface area contributed by atoms with Gasteiger partial charge in [-0.15, -0.1) is 0 Å². The van der Waals surface area contributed by atoms with Gasteiger partial charge in [-0.2, -0.15) is 0 Å². The number of carbonyl (C=O) groups is 2. The molecule has 0 heterocycles. The van der Waals surface area contributed by atoms with Crippen LogP contribution in [-0.4, -0.2) is 52.3 Å². The molecule has 8 saturated carbocycles. The van der Waals surface area contributed by atoms with Crippen molar-refractivity contribution in [1.29, 1.82) is 0 Å². The zero-order valence-corrected chi connectivity index (χ0v) is 38.5. The van der Waals surface area contributed by atoms with E-state index in [1.54, 1.807) is 0 Å². The van der Waals surface area contributed by atoms with Gasteiger partial charge in [-0.05, 0) is 6.42 Å². The van der Waals surface area contributed by atoms with Gasteiger partial charge >= 0.3 is 349 Å². The molecule has 0 radical (unpaired) electrons. The van der Waals surface area contributed by atoms with Crippen molar-refractivity contribution in [3.63, 3.8) is 0 Å². The summed E-state index contributed by atoms with van der Waals surface area (Å²) in [7, 11) is 15.1. The topological polar surface area (TPSA) is 71.1 Å². The standard InChI is InChI=1S/C51H56Cl2O6Te/c1-50(38-20-32-13-14-33(22-38)23-39(50)21-32)58-48(54)30-56-46-17-15-42(28-44(46)36-9-5-3-6-10-36)60(52,53)43-16-18-47(45(29-43)37-11-7-4-8-12-37)57-31-49(55)59-51(2)40-24-34-19-35(26-40)27-41(51)25-34/h3-12,15-18,28-29,32-35,38-41H,13-14,19-27,30-31H2,1-2H3. The van der Waals surface area contributed by atoms with E-state index in [4.69, 9.17) is 36.9 Å². The van der Waals surface area contributed by atoms with Crippen LogP contribution in [0.5, 0.6) is 11.5 Å². The van der Waals surface area contributed by atoms with Crippen LogP contribution in [0.4, 0.5) is 0 Å². The second-order valence-electron chi connectivity index (χ2n) is 19.4. The molecule has 60 heavy (non-hydrogen) atoms. The third kappa shape index (κ3) is 7.67. The summed E-state index contributed by atoms with van der Waals surface area (Å²) in [5.41, 5.74) is 2.64. The van der Waals surface area contributed by atoms with Crippen LogP contribution in [0, 0.1) is 47.3 Å². The Labute approximate surface area is 366 Å². The molecule has 8 aliphatic rings. The molecule has 0 amide bonds.